The minimum Gasteiger partial charge on any atom is -0.501 e. The second kappa shape index (κ2) is 70.6. The molecule has 0 aromatic carbocycles. The van der Waals surface area contributed by atoms with Gasteiger partial charge in [-0.2, -0.15) is 43.9 Å². The van der Waals surface area contributed by atoms with Crippen LogP contribution >= 0.6 is 11.6 Å². The van der Waals surface area contributed by atoms with Crippen molar-refractivity contribution in [1.82, 2.24) is 0 Å². The molecule has 0 aliphatic heterocycles. The number of rotatable bonds is 13. The van der Waals surface area contributed by atoms with Crippen molar-refractivity contribution < 1.29 is 491 Å². The first-order valence-corrected chi connectivity index (χ1v) is 11.2. The molecule has 0 heterocycles. The second-order valence-corrected chi connectivity index (χ2v) is 8.10. The third-order valence-electron chi connectivity index (χ3n) is 5.71. The van der Waals surface area contributed by atoms with Crippen molar-refractivity contribution in [3.63, 3.8) is 0 Å². The van der Waals surface area contributed by atoms with Gasteiger partial charge in [0.1, 0.15) is 0 Å². The van der Waals surface area contributed by atoms with Crippen LogP contribution in [-0.4, -0.2) is 5.38 Å². The van der Waals surface area contributed by atoms with Gasteiger partial charge in [0, 0.05) is 496 Å². The summed E-state index contributed by atoms with van der Waals surface area (Å²) in [4.78, 5) is 0. The Bertz CT molecular complexity index is 486. The van der Waals surface area contributed by atoms with E-state index in [1.807, 2.05) is 0 Å². The smallest absolute Gasteiger partial charge is 0.0375 e. The van der Waals surface area contributed by atoms with Crippen LogP contribution in [0.1, 0.15) is 78.1 Å². The van der Waals surface area contributed by atoms with Crippen molar-refractivity contribution in [2.75, 3.05) is 0 Å². The van der Waals surface area contributed by atoms with Crippen molar-refractivity contribution in [2.45, 2.75) is 83.4 Å². The van der Waals surface area contributed by atoms with E-state index in [0.717, 1.165) is 62.7 Å². The van der Waals surface area contributed by atoms with Gasteiger partial charge in [-0.25, -0.2) is 0 Å². The quantitative estimate of drug-likeness (QED) is 0.102. The summed E-state index contributed by atoms with van der Waals surface area (Å²) >= 11 is 6.56. The van der Waals surface area contributed by atoms with E-state index in [1.54, 1.807) is 0 Å². The first-order valence-electron chi connectivity index (χ1n) is 10.8. The molecule has 5 atom stereocenters. The molecule has 193 valence electrons. The molecule has 0 nitrogen and oxygen atoms in total. The monoisotopic (exact) mass is 1700 g/mol. The number of hydrogen-bond acceptors (Lipinski definition) is 0. The van der Waals surface area contributed by atoms with Gasteiger partial charge in [-0.3, -0.25) is 18.2 Å². The molecule has 2 rings (SSSR count). The Hall–Kier alpha value is 16.1. The predicted molar refractivity (Wildman–Crippen MR) is 113 cm³/mol. The van der Waals surface area contributed by atoms with E-state index in [-0.39, 0.29) is 491 Å². The summed E-state index contributed by atoms with van der Waals surface area (Å²) in [5.74, 6) is 2.97. The molecule has 2 aliphatic rings. The maximum atomic E-state index is 6.56. The van der Waals surface area contributed by atoms with Crippen LogP contribution in [0.4, 0.5) is 0 Å². The fourth-order valence-electron chi connectivity index (χ4n) is 4.29. The molecule has 15 radical (unpaired) electrons. The molecular weight excluding hydrogens is 1670 g/mol. The number of allylic oxidation sites excluding steroid dienone is 6. The molecule has 41 heavy (non-hydrogen) atoms. The van der Waals surface area contributed by atoms with Crippen LogP contribution in [0.15, 0.2) is 18.2 Å². The van der Waals surface area contributed by atoms with Gasteiger partial charge < -0.3 is 31.1 Å². The first kappa shape index (κ1) is 96.7. The maximum Gasteiger partial charge on any atom is 0.0375 e. The van der Waals surface area contributed by atoms with Crippen molar-refractivity contribution in [3.05, 3.63) is 49.3 Å². The molecule has 0 saturated heterocycles. The summed E-state index contributed by atoms with van der Waals surface area (Å²) in [6.45, 7) is 4.27. The van der Waals surface area contributed by atoms with Crippen LogP contribution in [0.25, 0.3) is 0 Å². The molecule has 2 saturated carbocycles. The van der Waals surface area contributed by atoms with E-state index in [0.29, 0.717) is 11.3 Å². The van der Waals surface area contributed by atoms with E-state index in [2.05, 4.69) is 63.1 Å². The topological polar surface area (TPSA) is 0 Å². The SMILES string of the molecule is CC[C-]=CCC[C-]=CCC[CH-]C1C([CH-]CCC=[C-]CC)CCC2C(Cl)C12.[Y].[Y].[Y].[Y].[Y].[Y].[Y].[Y].[Y].[Y].[Y].[Y].[Y].[Y].[Y]. The summed E-state index contributed by atoms with van der Waals surface area (Å²) in [5, 5.41) is 0.437. The zero-order valence-electron chi connectivity index (χ0n) is 25.4. The first-order chi connectivity index (χ1) is 12.8. The van der Waals surface area contributed by atoms with E-state index in [9.17, 15) is 0 Å². The molecule has 0 spiro atoms. The van der Waals surface area contributed by atoms with Crippen molar-refractivity contribution in [3.8, 4) is 0 Å². The molecule has 0 bridgehead atoms. The summed E-state index contributed by atoms with van der Waals surface area (Å²) in [7, 11) is 0. The predicted octanol–water partition coefficient (Wildman–Crippen LogP) is 7.48. The molecule has 16 heteroatoms. The largest absolute Gasteiger partial charge is 0.501 e. The van der Waals surface area contributed by atoms with E-state index in [4.69, 9.17) is 11.6 Å². The fourth-order valence-corrected chi connectivity index (χ4v) is 4.86. The zero-order chi connectivity index (χ0) is 18.6. The number of unbranched alkanes of at least 4 members (excludes halogenated alkanes) is 3. The number of fused-ring (bicyclic) bond motifs is 1. The molecule has 0 amide bonds. The molecule has 5 unspecified atom stereocenters. The van der Waals surface area contributed by atoms with Gasteiger partial charge in [-0.1, -0.05) is 46.0 Å². The van der Waals surface area contributed by atoms with E-state index in [1.165, 1.54) is 19.3 Å². The van der Waals surface area contributed by atoms with Crippen LogP contribution in [0.3, 0.4) is 0 Å². The van der Waals surface area contributed by atoms with E-state index < -0.39 is 0 Å². The number of alkyl halides is 1. The van der Waals surface area contributed by atoms with Crippen LogP contribution in [-0.2, 0) is 491 Å². The van der Waals surface area contributed by atoms with Crippen LogP contribution in [0.5, 0.6) is 0 Å². The molecule has 0 aromatic rings. The Kier molecular flexibility index (Phi) is 167. The van der Waals surface area contributed by atoms with Crippen LogP contribution in [0.2, 0.25) is 0 Å². The van der Waals surface area contributed by atoms with Crippen LogP contribution in [0, 0.1) is 54.7 Å². The van der Waals surface area contributed by atoms with Crippen molar-refractivity contribution in [1.29, 1.82) is 0 Å². The summed E-state index contributed by atoms with van der Waals surface area (Å²) in [6, 6.07) is 0. The van der Waals surface area contributed by atoms with Gasteiger partial charge in [0.25, 0.3) is 0 Å². The third-order valence-corrected chi connectivity index (χ3v) is 6.32. The summed E-state index contributed by atoms with van der Waals surface area (Å²) < 4.78 is 0. The zero-order valence-corrected chi connectivity index (χ0v) is 68.7. The van der Waals surface area contributed by atoms with Gasteiger partial charge in [-0.15, -0.1) is 11.6 Å². The van der Waals surface area contributed by atoms with Gasteiger partial charge in [0.15, 0.2) is 0 Å². The van der Waals surface area contributed by atoms with Gasteiger partial charge in [0.05, 0.1) is 0 Å². The summed E-state index contributed by atoms with van der Waals surface area (Å²) in [5.41, 5.74) is 0. The van der Waals surface area contributed by atoms with Gasteiger partial charge in [0.2, 0.25) is 0 Å². The Morgan fingerprint density at radius 2 is 1.00 bits per heavy atom. The Morgan fingerprint density at radius 1 is 0.585 bits per heavy atom. The molecule has 0 N–H and O–H groups in total. The van der Waals surface area contributed by atoms with Crippen molar-refractivity contribution >= 4 is 11.6 Å². The number of hydrogen-bond donors (Lipinski definition) is 0. The fraction of sp³-hybridized carbons (Fsp3) is 0.680. The Morgan fingerprint density at radius 3 is 1.46 bits per heavy atom. The second-order valence-electron chi connectivity index (χ2n) is 7.60. The molecule has 0 aromatic heterocycles. The van der Waals surface area contributed by atoms with Crippen molar-refractivity contribution in [2.24, 2.45) is 23.7 Å². The normalized spacial score (nSPS) is 19.8. The van der Waals surface area contributed by atoms with E-state index >= 15 is 0 Å². The Balaban J connectivity index is -0.0000000405. The maximum absolute atomic E-state index is 6.56. The molecule has 2 fully saturated rings. The average Bonchev–Trinajstić information content (AvgIpc) is 3.31. The molecule has 2 aliphatic carbocycles. The number of halogens is 1. The standard InChI is InChI=1S/C25H36Cl.15Y/c1-3-5-7-9-10-11-12-14-16-18-22-21(17-15-13-8-6-4-2)19-20-23-24(22)25(23)26;;;;;;;;;;;;;;;/h7-8,12,17-18,21-25H,3-4,9-10,13-16,19-20H2,1-2H3;;;;;;;;;;;;;;;/q-5;;;;;;;;;;;;;;;. The minimum atomic E-state index is 0. The molecular formula is C25H36ClY15-5. The van der Waals surface area contributed by atoms with Crippen LogP contribution < -0.4 is 0 Å². The van der Waals surface area contributed by atoms with Gasteiger partial charge >= 0.3 is 0 Å². The Labute approximate surface area is 638 Å². The van der Waals surface area contributed by atoms with Gasteiger partial charge in [-0.05, 0) is 11.8 Å². The minimum absolute atomic E-state index is 0. The average molecular weight is 1710 g/mol. The summed E-state index contributed by atoms with van der Waals surface area (Å²) in [6.07, 6.45) is 33.0. The third kappa shape index (κ3) is 50.3.